The van der Waals surface area contributed by atoms with Gasteiger partial charge in [0.15, 0.2) is 0 Å². The van der Waals surface area contributed by atoms with Crippen LogP contribution in [0.15, 0.2) is 27.0 Å². The Morgan fingerprint density at radius 1 is 1.44 bits per heavy atom. The number of thiophene rings is 1. The minimum atomic E-state index is -3.47. The van der Waals surface area contributed by atoms with Gasteiger partial charge in [0, 0.05) is 4.88 Å². The lowest BCUT2D eigenvalue weighted by atomic mass is 10.4. The van der Waals surface area contributed by atoms with Crippen LogP contribution in [0.1, 0.15) is 23.5 Å². The van der Waals surface area contributed by atoms with E-state index in [1.807, 2.05) is 13.0 Å². The highest BCUT2D eigenvalue weighted by molar-refractivity contribution is 7.91. The van der Waals surface area contributed by atoms with Gasteiger partial charge >= 0.3 is 0 Å². The van der Waals surface area contributed by atoms with Crippen LogP contribution in [-0.2, 0) is 23.0 Å². The van der Waals surface area contributed by atoms with Crippen molar-refractivity contribution in [1.82, 2.24) is 9.71 Å². The summed E-state index contributed by atoms with van der Waals surface area (Å²) < 4.78 is 31.9. The summed E-state index contributed by atoms with van der Waals surface area (Å²) in [5.74, 6) is 1.02. The van der Waals surface area contributed by atoms with Crippen LogP contribution in [0.2, 0.25) is 0 Å². The molecule has 0 aromatic carbocycles. The first-order valence-electron chi connectivity index (χ1n) is 5.51. The van der Waals surface area contributed by atoms with Gasteiger partial charge in [-0.05, 0) is 25.5 Å². The summed E-state index contributed by atoms with van der Waals surface area (Å²) in [4.78, 5) is 4.99. The average Bonchev–Trinajstić information content (AvgIpc) is 2.95. The lowest BCUT2D eigenvalue weighted by Crippen LogP contribution is -2.22. The predicted octanol–water partition coefficient (Wildman–Crippen LogP) is 2.09. The Morgan fingerprint density at radius 3 is 2.78 bits per heavy atom. The lowest BCUT2D eigenvalue weighted by molar-refractivity contribution is 0.463. The highest BCUT2D eigenvalue weighted by Crippen LogP contribution is 2.21. The summed E-state index contributed by atoms with van der Waals surface area (Å²) >= 11 is 1.28. The smallest absolute Gasteiger partial charge is 0.250 e. The molecule has 0 fully saturated rings. The molecule has 0 spiro atoms. The summed E-state index contributed by atoms with van der Waals surface area (Å²) in [6.45, 7) is 3.82. The molecule has 0 saturated heterocycles. The van der Waals surface area contributed by atoms with E-state index in [1.165, 1.54) is 11.3 Å². The predicted molar refractivity (Wildman–Crippen MR) is 69.0 cm³/mol. The molecule has 0 unspecified atom stereocenters. The number of hydrogen-bond acceptors (Lipinski definition) is 5. The normalized spacial score (nSPS) is 11.9. The number of nitrogens with zero attached hydrogens (tertiary/aromatic N) is 1. The molecular weight excluding hydrogens is 272 g/mol. The molecule has 7 heteroatoms. The molecule has 0 aliphatic heterocycles. The minimum Gasteiger partial charge on any atom is -0.445 e. The second-order valence-corrected chi connectivity index (χ2v) is 6.93. The molecule has 0 saturated carbocycles. The number of hydrogen-bond donors (Lipinski definition) is 1. The third-order valence-electron chi connectivity index (χ3n) is 2.33. The number of rotatable bonds is 5. The molecule has 18 heavy (non-hydrogen) atoms. The Morgan fingerprint density at radius 2 is 2.22 bits per heavy atom. The second-order valence-electron chi connectivity index (χ2n) is 3.76. The molecule has 0 radical (unpaired) electrons. The van der Waals surface area contributed by atoms with Crippen molar-refractivity contribution in [3.63, 3.8) is 0 Å². The van der Waals surface area contributed by atoms with Gasteiger partial charge in [-0.15, -0.1) is 11.3 Å². The van der Waals surface area contributed by atoms with Crippen LogP contribution in [0.25, 0.3) is 0 Å². The van der Waals surface area contributed by atoms with E-state index < -0.39 is 10.0 Å². The van der Waals surface area contributed by atoms with Crippen LogP contribution >= 0.6 is 11.3 Å². The maximum atomic E-state index is 12.0. The summed E-state index contributed by atoms with van der Waals surface area (Å²) in [5.41, 5.74) is 0. The standard InChI is InChI=1S/C11H14N2O3S2/c1-3-9-4-5-11(17-9)18(14,15)13-7-10-12-6-8(2)16-10/h4-6,13H,3,7H2,1-2H3. The zero-order chi connectivity index (χ0) is 13.2. The van der Waals surface area contributed by atoms with Gasteiger partial charge in [-0.2, -0.15) is 0 Å². The summed E-state index contributed by atoms with van der Waals surface area (Å²) in [6, 6.07) is 3.45. The van der Waals surface area contributed by atoms with Crippen LogP contribution < -0.4 is 4.72 Å². The lowest BCUT2D eigenvalue weighted by Gasteiger charge is -2.01. The van der Waals surface area contributed by atoms with Crippen molar-refractivity contribution in [2.75, 3.05) is 0 Å². The van der Waals surface area contributed by atoms with E-state index >= 15 is 0 Å². The first-order chi connectivity index (χ1) is 8.51. The molecule has 2 aromatic rings. The average molecular weight is 286 g/mol. The Balaban J connectivity index is 2.07. The molecule has 2 aromatic heterocycles. The van der Waals surface area contributed by atoms with Crippen molar-refractivity contribution >= 4 is 21.4 Å². The van der Waals surface area contributed by atoms with Crippen molar-refractivity contribution in [2.45, 2.75) is 31.0 Å². The van der Waals surface area contributed by atoms with Crippen LogP contribution in [-0.4, -0.2) is 13.4 Å². The van der Waals surface area contributed by atoms with Crippen LogP contribution in [0.4, 0.5) is 0 Å². The fraction of sp³-hybridized carbons (Fsp3) is 0.364. The summed E-state index contributed by atoms with van der Waals surface area (Å²) in [6.07, 6.45) is 2.39. The molecule has 0 amide bonds. The van der Waals surface area contributed by atoms with Crippen molar-refractivity contribution in [3.05, 3.63) is 34.9 Å². The van der Waals surface area contributed by atoms with Crippen LogP contribution in [0.5, 0.6) is 0 Å². The van der Waals surface area contributed by atoms with Gasteiger partial charge in [0.05, 0.1) is 12.7 Å². The number of aromatic nitrogens is 1. The fourth-order valence-electron chi connectivity index (χ4n) is 1.40. The molecular formula is C11H14N2O3S2. The van der Waals surface area contributed by atoms with Crippen molar-refractivity contribution in [1.29, 1.82) is 0 Å². The topological polar surface area (TPSA) is 72.2 Å². The molecule has 0 aliphatic carbocycles. The van der Waals surface area contributed by atoms with E-state index in [9.17, 15) is 8.42 Å². The van der Waals surface area contributed by atoms with E-state index in [1.54, 1.807) is 19.2 Å². The molecule has 1 N–H and O–H groups in total. The first kappa shape index (κ1) is 13.3. The largest absolute Gasteiger partial charge is 0.445 e. The van der Waals surface area contributed by atoms with Gasteiger partial charge in [-0.25, -0.2) is 18.1 Å². The third kappa shape index (κ3) is 2.98. The van der Waals surface area contributed by atoms with E-state index in [0.717, 1.165) is 11.3 Å². The molecule has 0 aliphatic rings. The second kappa shape index (κ2) is 5.21. The van der Waals surface area contributed by atoms with E-state index in [4.69, 9.17) is 4.42 Å². The Hall–Kier alpha value is -1.18. The van der Waals surface area contributed by atoms with Crippen molar-refractivity contribution < 1.29 is 12.8 Å². The number of nitrogens with one attached hydrogen (secondary N) is 1. The zero-order valence-corrected chi connectivity index (χ0v) is 11.8. The molecule has 0 atom stereocenters. The van der Waals surface area contributed by atoms with E-state index in [-0.39, 0.29) is 6.54 Å². The molecule has 98 valence electrons. The summed E-state index contributed by atoms with van der Waals surface area (Å²) in [7, 11) is -3.47. The highest BCUT2D eigenvalue weighted by Gasteiger charge is 2.17. The minimum absolute atomic E-state index is 0.0650. The van der Waals surface area contributed by atoms with Crippen molar-refractivity contribution in [3.8, 4) is 0 Å². The Bertz CT molecular complexity index is 628. The first-order valence-corrected chi connectivity index (χ1v) is 7.81. The number of aryl methyl sites for hydroxylation is 2. The summed E-state index contributed by atoms with van der Waals surface area (Å²) in [5, 5.41) is 0. The Labute approximate surface area is 110 Å². The quantitative estimate of drug-likeness (QED) is 0.913. The van der Waals surface area contributed by atoms with Crippen LogP contribution in [0, 0.1) is 6.92 Å². The zero-order valence-electron chi connectivity index (χ0n) is 10.1. The monoisotopic (exact) mass is 286 g/mol. The molecule has 2 heterocycles. The van der Waals surface area contributed by atoms with Gasteiger partial charge in [0.2, 0.25) is 5.89 Å². The molecule has 2 rings (SSSR count). The number of sulfonamides is 1. The van der Waals surface area contributed by atoms with Crippen LogP contribution in [0.3, 0.4) is 0 Å². The maximum Gasteiger partial charge on any atom is 0.250 e. The van der Waals surface area contributed by atoms with Gasteiger partial charge < -0.3 is 4.42 Å². The highest BCUT2D eigenvalue weighted by atomic mass is 32.2. The molecule has 0 bridgehead atoms. The molecule has 5 nitrogen and oxygen atoms in total. The maximum absolute atomic E-state index is 12.0. The van der Waals surface area contributed by atoms with Gasteiger partial charge in [0.25, 0.3) is 10.0 Å². The van der Waals surface area contributed by atoms with Crippen molar-refractivity contribution in [2.24, 2.45) is 0 Å². The SMILES string of the molecule is CCc1ccc(S(=O)(=O)NCc2ncc(C)o2)s1. The van der Waals surface area contributed by atoms with E-state index in [2.05, 4.69) is 9.71 Å². The van der Waals surface area contributed by atoms with E-state index in [0.29, 0.717) is 15.9 Å². The van der Waals surface area contributed by atoms with Gasteiger partial charge in [0.1, 0.15) is 9.97 Å². The van der Waals surface area contributed by atoms with Gasteiger partial charge in [-0.1, -0.05) is 6.92 Å². The Kier molecular flexibility index (Phi) is 3.84. The van der Waals surface area contributed by atoms with Gasteiger partial charge in [-0.3, -0.25) is 0 Å². The fourth-order valence-corrected chi connectivity index (χ4v) is 3.72. The third-order valence-corrected chi connectivity index (χ3v) is 5.46. The number of oxazole rings is 1.